The van der Waals surface area contributed by atoms with Gasteiger partial charge in [-0.05, 0) is 65.9 Å². The maximum atomic E-state index is 12.4. The lowest BCUT2D eigenvalue weighted by Crippen LogP contribution is -2.30. The number of carbonyl (C=O) groups is 2. The van der Waals surface area contributed by atoms with Crippen LogP contribution in [0.15, 0.2) is 53.7 Å². The maximum Gasteiger partial charge on any atom is 0.261 e. The van der Waals surface area contributed by atoms with E-state index in [4.69, 9.17) is 0 Å². The number of aryl methyl sites for hydroxylation is 1. The molecule has 1 aliphatic rings. The molecule has 1 aliphatic heterocycles. The van der Waals surface area contributed by atoms with Gasteiger partial charge in [0.05, 0.1) is 16.8 Å². The minimum atomic E-state index is -0.195. The second-order valence-electron chi connectivity index (χ2n) is 7.51. The molecule has 0 fully saturated rings. The number of hydrogen-bond acceptors (Lipinski definition) is 6. The fourth-order valence-corrected chi connectivity index (χ4v) is 4.48. The molecule has 3 aromatic rings. The number of nitrogens with zero attached hydrogens (tertiary/aromatic N) is 5. The Kier molecular flexibility index (Phi) is 6.76. The number of fused-ring (bicyclic) bond motifs is 1. The van der Waals surface area contributed by atoms with Crippen LogP contribution in [0, 0.1) is 0 Å². The Labute approximate surface area is 185 Å². The summed E-state index contributed by atoms with van der Waals surface area (Å²) in [5.74, 6) is 0.414. The molecule has 8 heteroatoms. The van der Waals surface area contributed by atoms with Gasteiger partial charge >= 0.3 is 0 Å². The summed E-state index contributed by atoms with van der Waals surface area (Å²) in [6, 6.07) is 15.3. The van der Waals surface area contributed by atoms with E-state index in [1.54, 1.807) is 40.7 Å². The Morgan fingerprint density at radius 2 is 1.61 bits per heavy atom. The van der Waals surface area contributed by atoms with Crippen molar-refractivity contribution in [1.82, 2.24) is 25.1 Å². The molecule has 7 nitrogen and oxygen atoms in total. The van der Waals surface area contributed by atoms with E-state index < -0.39 is 0 Å². The van der Waals surface area contributed by atoms with Crippen LogP contribution < -0.4 is 0 Å². The summed E-state index contributed by atoms with van der Waals surface area (Å²) in [5.41, 5.74) is 3.27. The van der Waals surface area contributed by atoms with E-state index in [-0.39, 0.29) is 11.8 Å². The SMILES string of the molecule is CCCCc1ccc(-n2nnnc2SCCCCN2C(=O)c3ccccc3C2=O)cc1. The van der Waals surface area contributed by atoms with Crippen LogP contribution in [0.25, 0.3) is 5.69 Å². The van der Waals surface area contributed by atoms with Crippen molar-refractivity contribution in [2.24, 2.45) is 0 Å². The van der Waals surface area contributed by atoms with Crippen molar-refractivity contribution in [3.8, 4) is 5.69 Å². The first-order chi connectivity index (χ1) is 15.2. The summed E-state index contributed by atoms with van der Waals surface area (Å²) in [5, 5.41) is 12.8. The quantitative estimate of drug-likeness (QED) is 0.270. The molecule has 0 bridgehead atoms. The lowest BCUT2D eigenvalue weighted by molar-refractivity contribution is 0.0652. The number of imide groups is 1. The van der Waals surface area contributed by atoms with Crippen molar-refractivity contribution in [2.75, 3.05) is 12.3 Å². The number of carbonyl (C=O) groups excluding carboxylic acids is 2. The molecule has 2 aromatic carbocycles. The van der Waals surface area contributed by atoms with Crippen LogP contribution in [0.5, 0.6) is 0 Å². The molecule has 0 saturated carbocycles. The molecule has 0 N–H and O–H groups in total. The van der Waals surface area contributed by atoms with Gasteiger partial charge in [0.25, 0.3) is 11.8 Å². The highest BCUT2D eigenvalue weighted by Gasteiger charge is 2.34. The standard InChI is InChI=1S/C23H25N5O2S/c1-2-3-8-17-11-13-18(14-12-17)28-23(24-25-26-28)31-16-7-6-15-27-21(29)19-9-4-5-10-20(19)22(27)30/h4-5,9-14H,2-3,6-8,15-16H2,1H3. The van der Waals surface area contributed by atoms with E-state index in [1.165, 1.54) is 23.3 Å². The van der Waals surface area contributed by atoms with Crippen LogP contribution in [-0.2, 0) is 6.42 Å². The molecule has 0 radical (unpaired) electrons. The zero-order valence-corrected chi connectivity index (χ0v) is 18.3. The van der Waals surface area contributed by atoms with Crippen molar-refractivity contribution in [3.05, 3.63) is 65.2 Å². The smallest absolute Gasteiger partial charge is 0.261 e. The predicted octanol–water partition coefficient (Wildman–Crippen LogP) is 4.17. The lowest BCUT2D eigenvalue weighted by Gasteiger charge is -2.13. The molecule has 160 valence electrons. The van der Waals surface area contributed by atoms with Crippen molar-refractivity contribution < 1.29 is 9.59 Å². The molecular formula is C23H25N5O2S. The zero-order chi connectivity index (χ0) is 21.6. The minimum absolute atomic E-state index is 0.195. The van der Waals surface area contributed by atoms with E-state index in [1.807, 2.05) is 12.1 Å². The number of tetrazole rings is 1. The Morgan fingerprint density at radius 1 is 0.903 bits per heavy atom. The Morgan fingerprint density at radius 3 is 2.29 bits per heavy atom. The highest BCUT2D eigenvalue weighted by molar-refractivity contribution is 7.99. The third-order valence-corrected chi connectivity index (χ3v) is 6.33. The summed E-state index contributed by atoms with van der Waals surface area (Å²) < 4.78 is 1.75. The normalized spacial score (nSPS) is 13.1. The third kappa shape index (κ3) is 4.69. The van der Waals surface area contributed by atoms with Crippen LogP contribution in [-0.4, -0.2) is 49.2 Å². The second kappa shape index (κ2) is 9.87. The van der Waals surface area contributed by atoms with E-state index in [0.29, 0.717) is 17.7 Å². The van der Waals surface area contributed by atoms with Crippen molar-refractivity contribution in [2.45, 2.75) is 44.2 Å². The molecular weight excluding hydrogens is 410 g/mol. The Balaban J connectivity index is 1.27. The van der Waals surface area contributed by atoms with Crippen LogP contribution in [0.2, 0.25) is 0 Å². The van der Waals surface area contributed by atoms with Crippen LogP contribution >= 0.6 is 11.8 Å². The highest BCUT2D eigenvalue weighted by Crippen LogP contribution is 2.24. The topological polar surface area (TPSA) is 81.0 Å². The van der Waals surface area contributed by atoms with Gasteiger partial charge in [-0.1, -0.05) is 49.4 Å². The van der Waals surface area contributed by atoms with Crippen LogP contribution in [0.1, 0.15) is 58.9 Å². The van der Waals surface area contributed by atoms with E-state index in [9.17, 15) is 9.59 Å². The first-order valence-corrected chi connectivity index (χ1v) is 11.6. The predicted molar refractivity (Wildman–Crippen MR) is 120 cm³/mol. The summed E-state index contributed by atoms with van der Waals surface area (Å²) in [6.45, 7) is 2.62. The average Bonchev–Trinajstić information content (AvgIpc) is 3.36. The average molecular weight is 436 g/mol. The van der Waals surface area contributed by atoms with Crippen molar-refractivity contribution >= 4 is 23.6 Å². The first-order valence-electron chi connectivity index (χ1n) is 10.6. The van der Waals surface area contributed by atoms with Crippen molar-refractivity contribution in [1.29, 1.82) is 0 Å². The first kappa shape index (κ1) is 21.2. The Hall–Kier alpha value is -3.00. The number of thioether (sulfide) groups is 1. The van der Waals surface area contributed by atoms with Gasteiger partial charge in [-0.2, -0.15) is 4.68 Å². The molecule has 2 heterocycles. The summed E-state index contributed by atoms with van der Waals surface area (Å²) >= 11 is 1.58. The lowest BCUT2D eigenvalue weighted by atomic mass is 10.1. The molecule has 0 unspecified atom stereocenters. The van der Waals surface area contributed by atoms with Gasteiger partial charge in [-0.15, -0.1) is 5.10 Å². The largest absolute Gasteiger partial charge is 0.274 e. The Bertz CT molecular complexity index is 1030. The number of unbranched alkanes of at least 4 members (excludes halogenated alkanes) is 2. The zero-order valence-electron chi connectivity index (χ0n) is 17.5. The number of hydrogen-bond donors (Lipinski definition) is 0. The van der Waals surface area contributed by atoms with Crippen LogP contribution in [0.4, 0.5) is 0 Å². The van der Waals surface area contributed by atoms with Gasteiger partial charge in [0.15, 0.2) is 0 Å². The van der Waals surface area contributed by atoms with Gasteiger partial charge in [0, 0.05) is 12.3 Å². The molecule has 4 rings (SSSR count). The van der Waals surface area contributed by atoms with Gasteiger partial charge < -0.3 is 0 Å². The molecule has 0 saturated heterocycles. The molecule has 2 amide bonds. The van der Waals surface area contributed by atoms with Crippen molar-refractivity contribution in [3.63, 3.8) is 0 Å². The molecule has 31 heavy (non-hydrogen) atoms. The molecule has 1 aromatic heterocycles. The van der Waals surface area contributed by atoms with E-state index >= 15 is 0 Å². The highest BCUT2D eigenvalue weighted by atomic mass is 32.2. The van der Waals surface area contributed by atoms with Gasteiger partial charge in [-0.25, -0.2) is 0 Å². The second-order valence-corrected chi connectivity index (χ2v) is 8.57. The van der Waals surface area contributed by atoms with E-state index in [0.717, 1.165) is 35.9 Å². The number of amides is 2. The number of benzene rings is 2. The summed E-state index contributed by atoms with van der Waals surface area (Å²) in [6.07, 6.45) is 5.04. The fourth-order valence-electron chi connectivity index (χ4n) is 3.59. The monoisotopic (exact) mass is 435 g/mol. The summed E-state index contributed by atoms with van der Waals surface area (Å²) in [7, 11) is 0. The van der Waals surface area contributed by atoms with Gasteiger partial charge in [-0.3, -0.25) is 14.5 Å². The molecule has 0 spiro atoms. The molecule has 0 aliphatic carbocycles. The number of aromatic nitrogens is 4. The van der Waals surface area contributed by atoms with Gasteiger partial charge in [0.2, 0.25) is 5.16 Å². The number of rotatable bonds is 10. The van der Waals surface area contributed by atoms with Crippen LogP contribution in [0.3, 0.4) is 0 Å². The molecule has 0 atom stereocenters. The minimum Gasteiger partial charge on any atom is -0.274 e. The van der Waals surface area contributed by atoms with E-state index in [2.05, 4.69) is 34.6 Å². The maximum absolute atomic E-state index is 12.4. The fraction of sp³-hybridized carbons (Fsp3) is 0.348. The van der Waals surface area contributed by atoms with Gasteiger partial charge in [0.1, 0.15) is 0 Å². The summed E-state index contributed by atoms with van der Waals surface area (Å²) in [4.78, 5) is 26.2. The third-order valence-electron chi connectivity index (χ3n) is 5.33.